The minimum absolute atomic E-state index is 0.398. The average molecular weight is 275 g/mol. The van der Waals surface area contributed by atoms with Crippen LogP contribution in [-0.4, -0.2) is 27.8 Å². The summed E-state index contributed by atoms with van der Waals surface area (Å²) in [6, 6.07) is 5.05. The Hall–Kier alpha value is -2.57. The van der Waals surface area contributed by atoms with E-state index in [4.69, 9.17) is 10.5 Å². The summed E-state index contributed by atoms with van der Waals surface area (Å²) < 4.78 is 6.66. The molecule has 0 aliphatic carbocycles. The number of benzene rings is 1. The van der Waals surface area contributed by atoms with Crippen molar-refractivity contribution in [2.24, 2.45) is 0 Å². The number of ether oxygens (including phenoxy) is 1. The molecule has 2 aromatic rings. The molecular formula is C13H17N5O2. The summed E-state index contributed by atoms with van der Waals surface area (Å²) in [4.78, 5) is 11.7. The van der Waals surface area contributed by atoms with E-state index in [0.717, 1.165) is 12.4 Å². The van der Waals surface area contributed by atoms with E-state index in [-0.39, 0.29) is 0 Å². The number of hydrogen-bond acceptors (Lipinski definition) is 6. The first-order valence-corrected chi connectivity index (χ1v) is 6.24. The molecule has 20 heavy (non-hydrogen) atoms. The van der Waals surface area contributed by atoms with E-state index in [1.54, 1.807) is 24.5 Å². The van der Waals surface area contributed by atoms with Crippen LogP contribution in [0.15, 0.2) is 24.5 Å². The fraction of sp³-hybridized carbons (Fsp3) is 0.308. The van der Waals surface area contributed by atoms with Gasteiger partial charge in [-0.05, 0) is 25.1 Å². The molecule has 1 aromatic carbocycles. The number of carbonyl (C=O) groups excluding carboxylic acids is 1. The van der Waals surface area contributed by atoms with Crippen LogP contribution in [0.2, 0.25) is 0 Å². The van der Waals surface area contributed by atoms with Gasteiger partial charge in [0.25, 0.3) is 0 Å². The molecule has 3 N–H and O–H groups in total. The predicted molar refractivity (Wildman–Crippen MR) is 75.2 cm³/mol. The SMILES string of the molecule is CCn1cnnc1CNc1ccc(N)cc1C(=O)OC. The fourth-order valence-electron chi connectivity index (χ4n) is 1.85. The Morgan fingerprint density at radius 2 is 2.30 bits per heavy atom. The first-order valence-electron chi connectivity index (χ1n) is 6.24. The van der Waals surface area contributed by atoms with Gasteiger partial charge in [0, 0.05) is 17.9 Å². The lowest BCUT2D eigenvalue weighted by Gasteiger charge is -2.11. The zero-order valence-corrected chi connectivity index (χ0v) is 11.5. The van der Waals surface area contributed by atoms with Crippen molar-refractivity contribution in [1.82, 2.24) is 14.8 Å². The molecule has 0 atom stereocenters. The summed E-state index contributed by atoms with van der Waals surface area (Å²) >= 11 is 0. The van der Waals surface area contributed by atoms with Gasteiger partial charge in [-0.25, -0.2) is 4.79 Å². The topological polar surface area (TPSA) is 95.1 Å². The van der Waals surface area contributed by atoms with Crippen molar-refractivity contribution in [2.75, 3.05) is 18.2 Å². The van der Waals surface area contributed by atoms with Crippen molar-refractivity contribution in [3.63, 3.8) is 0 Å². The number of esters is 1. The van der Waals surface area contributed by atoms with Gasteiger partial charge in [-0.1, -0.05) is 0 Å². The Bertz CT molecular complexity index is 609. The molecule has 2 rings (SSSR count). The fourth-order valence-corrected chi connectivity index (χ4v) is 1.85. The number of nitrogen functional groups attached to an aromatic ring is 1. The monoisotopic (exact) mass is 275 g/mol. The molecule has 0 fully saturated rings. The molecule has 0 amide bonds. The van der Waals surface area contributed by atoms with E-state index in [1.807, 2.05) is 11.5 Å². The molecule has 0 radical (unpaired) electrons. The van der Waals surface area contributed by atoms with Gasteiger partial charge in [-0.15, -0.1) is 10.2 Å². The number of carbonyl (C=O) groups is 1. The number of nitrogens with one attached hydrogen (secondary N) is 1. The summed E-state index contributed by atoms with van der Waals surface area (Å²) in [5, 5.41) is 11.0. The number of rotatable bonds is 5. The molecule has 0 aliphatic rings. The summed E-state index contributed by atoms with van der Waals surface area (Å²) in [5.74, 6) is 0.358. The number of nitrogens with zero attached hydrogens (tertiary/aromatic N) is 3. The molecule has 1 heterocycles. The van der Waals surface area contributed by atoms with Gasteiger partial charge in [-0.3, -0.25) is 0 Å². The maximum absolute atomic E-state index is 11.7. The zero-order chi connectivity index (χ0) is 14.5. The second-order valence-electron chi connectivity index (χ2n) is 4.18. The van der Waals surface area contributed by atoms with Gasteiger partial charge < -0.3 is 20.4 Å². The normalized spacial score (nSPS) is 10.3. The highest BCUT2D eigenvalue weighted by molar-refractivity contribution is 5.96. The maximum atomic E-state index is 11.7. The van der Waals surface area contributed by atoms with E-state index in [0.29, 0.717) is 23.5 Å². The van der Waals surface area contributed by atoms with Crippen LogP contribution in [0.5, 0.6) is 0 Å². The minimum atomic E-state index is -0.434. The Balaban J connectivity index is 2.19. The third-order valence-corrected chi connectivity index (χ3v) is 2.92. The van der Waals surface area contributed by atoms with Crippen LogP contribution in [0.4, 0.5) is 11.4 Å². The van der Waals surface area contributed by atoms with Crippen LogP contribution in [0, 0.1) is 0 Å². The molecule has 0 bridgehead atoms. The number of hydrogen-bond donors (Lipinski definition) is 2. The van der Waals surface area contributed by atoms with Crippen molar-refractivity contribution in [3.8, 4) is 0 Å². The molecule has 1 aromatic heterocycles. The summed E-state index contributed by atoms with van der Waals surface area (Å²) in [5.41, 5.74) is 7.25. The van der Waals surface area contributed by atoms with Crippen molar-refractivity contribution in [2.45, 2.75) is 20.0 Å². The summed E-state index contributed by atoms with van der Waals surface area (Å²) in [7, 11) is 1.34. The van der Waals surface area contributed by atoms with Crippen molar-refractivity contribution in [3.05, 3.63) is 35.9 Å². The first kappa shape index (κ1) is 13.9. The molecule has 0 unspecified atom stereocenters. The number of aromatic nitrogens is 3. The van der Waals surface area contributed by atoms with E-state index >= 15 is 0 Å². The largest absolute Gasteiger partial charge is 0.465 e. The molecule has 0 spiro atoms. The predicted octanol–water partition coefficient (Wildman–Crippen LogP) is 1.28. The highest BCUT2D eigenvalue weighted by Crippen LogP contribution is 2.20. The summed E-state index contributed by atoms with van der Waals surface area (Å²) in [6.07, 6.45) is 1.67. The van der Waals surface area contributed by atoms with Crippen molar-refractivity contribution >= 4 is 17.3 Å². The Morgan fingerprint density at radius 1 is 1.50 bits per heavy atom. The van der Waals surface area contributed by atoms with E-state index in [9.17, 15) is 4.79 Å². The lowest BCUT2D eigenvalue weighted by molar-refractivity contribution is 0.0602. The van der Waals surface area contributed by atoms with Crippen LogP contribution in [0.3, 0.4) is 0 Å². The number of nitrogens with two attached hydrogens (primary N) is 1. The number of aryl methyl sites for hydroxylation is 1. The van der Waals surface area contributed by atoms with Crippen LogP contribution < -0.4 is 11.1 Å². The molecule has 106 valence electrons. The standard InChI is InChI=1S/C13H17N5O2/c1-3-18-8-16-17-12(18)7-15-11-5-4-9(14)6-10(11)13(19)20-2/h4-6,8,15H,3,7,14H2,1-2H3. The molecule has 7 nitrogen and oxygen atoms in total. The second kappa shape index (κ2) is 6.05. The first-order chi connectivity index (χ1) is 9.65. The van der Waals surface area contributed by atoms with E-state index in [2.05, 4.69) is 15.5 Å². The third-order valence-electron chi connectivity index (χ3n) is 2.92. The van der Waals surface area contributed by atoms with Crippen molar-refractivity contribution < 1.29 is 9.53 Å². The third kappa shape index (κ3) is 2.87. The Kier molecular flexibility index (Phi) is 4.19. The Labute approximate surface area is 116 Å². The lowest BCUT2D eigenvalue weighted by atomic mass is 10.1. The van der Waals surface area contributed by atoms with Gasteiger partial charge >= 0.3 is 5.97 Å². The maximum Gasteiger partial charge on any atom is 0.340 e. The Morgan fingerprint density at radius 3 is 3.00 bits per heavy atom. The van der Waals surface area contributed by atoms with Gasteiger partial charge in [-0.2, -0.15) is 0 Å². The molecule has 7 heteroatoms. The van der Waals surface area contributed by atoms with E-state index in [1.165, 1.54) is 7.11 Å². The number of methoxy groups -OCH3 is 1. The highest BCUT2D eigenvalue weighted by atomic mass is 16.5. The van der Waals surface area contributed by atoms with Crippen LogP contribution >= 0.6 is 0 Å². The van der Waals surface area contributed by atoms with Gasteiger partial charge in [0.15, 0.2) is 5.82 Å². The van der Waals surface area contributed by atoms with Crippen LogP contribution in [0.1, 0.15) is 23.1 Å². The lowest BCUT2D eigenvalue weighted by Crippen LogP contribution is -2.11. The molecular weight excluding hydrogens is 258 g/mol. The smallest absolute Gasteiger partial charge is 0.340 e. The van der Waals surface area contributed by atoms with Crippen molar-refractivity contribution in [1.29, 1.82) is 0 Å². The highest BCUT2D eigenvalue weighted by Gasteiger charge is 2.13. The van der Waals surface area contributed by atoms with Gasteiger partial charge in [0.2, 0.25) is 0 Å². The van der Waals surface area contributed by atoms with Crippen LogP contribution in [-0.2, 0) is 17.8 Å². The minimum Gasteiger partial charge on any atom is -0.465 e. The van der Waals surface area contributed by atoms with Crippen LogP contribution in [0.25, 0.3) is 0 Å². The summed E-state index contributed by atoms with van der Waals surface area (Å²) in [6.45, 7) is 3.26. The second-order valence-corrected chi connectivity index (χ2v) is 4.18. The molecule has 0 aliphatic heterocycles. The quantitative estimate of drug-likeness (QED) is 0.630. The zero-order valence-electron chi connectivity index (χ0n) is 11.5. The molecule has 0 saturated heterocycles. The molecule has 0 saturated carbocycles. The average Bonchev–Trinajstić information content (AvgIpc) is 2.92. The van der Waals surface area contributed by atoms with Gasteiger partial charge in [0.1, 0.15) is 6.33 Å². The van der Waals surface area contributed by atoms with Gasteiger partial charge in [0.05, 0.1) is 19.2 Å². The number of anilines is 2. The van der Waals surface area contributed by atoms with E-state index < -0.39 is 5.97 Å².